The summed E-state index contributed by atoms with van der Waals surface area (Å²) in [6.45, 7) is 0. The maximum Gasteiger partial charge on any atom is 0.0609 e. The summed E-state index contributed by atoms with van der Waals surface area (Å²) in [7, 11) is 0. The van der Waals surface area contributed by atoms with Crippen LogP contribution in [0.2, 0.25) is 10.0 Å². The van der Waals surface area contributed by atoms with Crippen molar-refractivity contribution < 1.29 is 5.11 Å². The van der Waals surface area contributed by atoms with Gasteiger partial charge in [-0.3, -0.25) is 0 Å². The molecular weight excluding hydrogens is 219 g/mol. The number of hydrogen-bond donors (Lipinski definition) is 1. The fourth-order valence-electron chi connectivity index (χ4n) is 1.58. The SMILES string of the molecule is OC(Cc1c(Cl)cccc1Cl)C1CC1. The first-order valence-electron chi connectivity index (χ1n) is 4.79. The molecule has 1 atom stereocenters. The molecule has 0 amide bonds. The molecule has 1 nitrogen and oxygen atoms in total. The van der Waals surface area contributed by atoms with Crippen molar-refractivity contribution in [1.29, 1.82) is 0 Å². The third-order valence-electron chi connectivity index (χ3n) is 2.64. The molecule has 0 aliphatic heterocycles. The van der Waals surface area contributed by atoms with Crippen LogP contribution in [0.4, 0.5) is 0 Å². The molecule has 0 saturated heterocycles. The summed E-state index contributed by atoms with van der Waals surface area (Å²) in [6, 6.07) is 5.43. The van der Waals surface area contributed by atoms with Gasteiger partial charge < -0.3 is 5.11 Å². The fourth-order valence-corrected chi connectivity index (χ4v) is 2.14. The molecule has 2 rings (SSSR count). The van der Waals surface area contributed by atoms with E-state index in [1.54, 1.807) is 0 Å². The summed E-state index contributed by atoms with van der Waals surface area (Å²) in [6.07, 6.45) is 2.54. The molecule has 0 radical (unpaired) electrons. The van der Waals surface area contributed by atoms with Crippen molar-refractivity contribution in [3.05, 3.63) is 33.8 Å². The Kier molecular flexibility index (Phi) is 3.01. The van der Waals surface area contributed by atoms with Gasteiger partial charge in [0.25, 0.3) is 0 Å². The molecule has 1 aliphatic rings. The van der Waals surface area contributed by atoms with Gasteiger partial charge >= 0.3 is 0 Å². The van der Waals surface area contributed by atoms with E-state index < -0.39 is 0 Å². The Morgan fingerprint density at radius 3 is 2.36 bits per heavy atom. The van der Waals surface area contributed by atoms with Crippen molar-refractivity contribution in [3.8, 4) is 0 Å². The molecule has 1 N–H and O–H groups in total. The predicted molar refractivity (Wildman–Crippen MR) is 58.9 cm³/mol. The molecule has 14 heavy (non-hydrogen) atoms. The lowest BCUT2D eigenvalue weighted by molar-refractivity contribution is 0.151. The molecule has 0 heterocycles. The third-order valence-corrected chi connectivity index (χ3v) is 3.35. The molecule has 1 aliphatic carbocycles. The van der Waals surface area contributed by atoms with Crippen LogP contribution in [0.5, 0.6) is 0 Å². The molecule has 1 saturated carbocycles. The maximum absolute atomic E-state index is 9.77. The minimum Gasteiger partial charge on any atom is -0.392 e. The first kappa shape index (κ1) is 10.3. The Morgan fingerprint density at radius 2 is 1.86 bits per heavy atom. The fraction of sp³-hybridized carbons (Fsp3) is 0.455. The van der Waals surface area contributed by atoms with E-state index in [9.17, 15) is 5.11 Å². The zero-order valence-electron chi connectivity index (χ0n) is 7.71. The van der Waals surface area contributed by atoms with Gasteiger partial charge in [0.1, 0.15) is 0 Å². The van der Waals surface area contributed by atoms with Gasteiger partial charge in [-0.15, -0.1) is 0 Å². The second-order valence-electron chi connectivity index (χ2n) is 3.81. The van der Waals surface area contributed by atoms with E-state index >= 15 is 0 Å². The van der Waals surface area contributed by atoms with Gasteiger partial charge in [-0.25, -0.2) is 0 Å². The van der Waals surface area contributed by atoms with Crippen molar-refractivity contribution in [3.63, 3.8) is 0 Å². The highest BCUT2D eigenvalue weighted by Crippen LogP contribution is 2.36. The highest BCUT2D eigenvalue weighted by atomic mass is 35.5. The second kappa shape index (κ2) is 4.09. The van der Waals surface area contributed by atoms with E-state index in [1.807, 2.05) is 18.2 Å². The molecule has 0 aromatic heterocycles. The van der Waals surface area contributed by atoms with Gasteiger partial charge in [-0.2, -0.15) is 0 Å². The average molecular weight is 231 g/mol. The van der Waals surface area contributed by atoms with Crippen molar-refractivity contribution in [1.82, 2.24) is 0 Å². The van der Waals surface area contributed by atoms with Crippen LogP contribution in [0.3, 0.4) is 0 Å². The third kappa shape index (κ3) is 2.22. The second-order valence-corrected chi connectivity index (χ2v) is 4.62. The Morgan fingerprint density at radius 1 is 1.29 bits per heavy atom. The van der Waals surface area contributed by atoms with E-state index in [2.05, 4.69) is 0 Å². The van der Waals surface area contributed by atoms with Gasteiger partial charge in [0, 0.05) is 16.5 Å². The summed E-state index contributed by atoms with van der Waals surface area (Å²) in [4.78, 5) is 0. The first-order valence-corrected chi connectivity index (χ1v) is 5.55. The molecule has 1 aromatic carbocycles. The lowest BCUT2D eigenvalue weighted by Gasteiger charge is -2.11. The van der Waals surface area contributed by atoms with Crippen LogP contribution >= 0.6 is 23.2 Å². The van der Waals surface area contributed by atoms with E-state index in [4.69, 9.17) is 23.2 Å². The number of aliphatic hydroxyl groups is 1. The van der Waals surface area contributed by atoms with E-state index in [1.165, 1.54) is 0 Å². The van der Waals surface area contributed by atoms with Crippen LogP contribution in [0, 0.1) is 5.92 Å². The minimum absolute atomic E-state index is 0.285. The van der Waals surface area contributed by atoms with Crippen LogP contribution in [-0.4, -0.2) is 11.2 Å². The Bertz CT molecular complexity index is 314. The van der Waals surface area contributed by atoms with Crippen molar-refractivity contribution in [2.24, 2.45) is 5.92 Å². The Balaban J connectivity index is 2.14. The quantitative estimate of drug-likeness (QED) is 0.846. The molecule has 1 fully saturated rings. The van der Waals surface area contributed by atoms with Crippen LogP contribution in [0.15, 0.2) is 18.2 Å². The number of benzene rings is 1. The lowest BCUT2D eigenvalue weighted by Crippen LogP contribution is -2.13. The molecule has 0 bridgehead atoms. The number of hydrogen-bond acceptors (Lipinski definition) is 1. The minimum atomic E-state index is -0.285. The number of rotatable bonds is 3. The standard InChI is InChI=1S/C11H12Cl2O/c12-9-2-1-3-10(13)8(9)6-11(14)7-4-5-7/h1-3,7,11,14H,4-6H2. The van der Waals surface area contributed by atoms with Crippen molar-refractivity contribution in [2.45, 2.75) is 25.4 Å². The summed E-state index contributed by atoms with van der Waals surface area (Å²) in [5, 5.41) is 11.1. The van der Waals surface area contributed by atoms with Crippen molar-refractivity contribution in [2.75, 3.05) is 0 Å². The highest BCUT2D eigenvalue weighted by Gasteiger charge is 2.30. The average Bonchev–Trinajstić information content (AvgIpc) is 2.94. The normalized spacial score (nSPS) is 18.2. The van der Waals surface area contributed by atoms with Crippen LogP contribution in [0.1, 0.15) is 18.4 Å². The summed E-state index contributed by atoms with van der Waals surface area (Å²) >= 11 is 12.0. The molecule has 76 valence electrons. The molecule has 3 heteroatoms. The smallest absolute Gasteiger partial charge is 0.0609 e. The van der Waals surface area contributed by atoms with Gasteiger partial charge in [0.05, 0.1) is 6.10 Å². The van der Waals surface area contributed by atoms with Gasteiger partial charge in [-0.05, 0) is 36.5 Å². The Hall–Kier alpha value is -0.240. The number of aliphatic hydroxyl groups excluding tert-OH is 1. The molecule has 1 unspecified atom stereocenters. The predicted octanol–water partition coefficient (Wildman–Crippen LogP) is 3.31. The monoisotopic (exact) mass is 230 g/mol. The van der Waals surface area contributed by atoms with Gasteiger partial charge in [0.2, 0.25) is 0 Å². The molecule has 1 aromatic rings. The highest BCUT2D eigenvalue weighted by molar-refractivity contribution is 6.35. The van der Waals surface area contributed by atoms with Crippen LogP contribution < -0.4 is 0 Å². The summed E-state index contributed by atoms with van der Waals surface area (Å²) in [5.74, 6) is 0.460. The zero-order chi connectivity index (χ0) is 10.1. The van der Waals surface area contributed by atoms with Gasteiger partial charge in [-0.1, -0.05) is 29.3 Å². The summed E-state index contributed by atoms with van der Waals surface area (Å²) < 4.78 is 0. The van der Waals surface area contributed by atoms with E-state index in [0.29, 0.717) is 22.4 Å². The maximum atomic E-state index is 9.77. The van der Waals surface area contributed by atoms with E-state index in [-0.39, 0.29) is 6.10 Å². The molecular formula is C11H12Cl2O. The van der Waals surface area contributed by atoms with E-state index in [0.717, 1.165) is 18.4 Å². The van der Waals surface area contributed by atoms with Crippen molar-refractivity contribution >= 4 is 23.2 Å². The van der Waals surface area contributed by atoms with Crippen LogP contribution in [0.25, 0.3) is 0 Å². The lowest BCUT2D eigenvalue weighted by atomic mass is 10.0. The van der Waals surface area contributed by atoms with Crippen LogP contribution in [-0.2, 0) is 6.42 Å². The Labute approximate surface area is 93.7 Å². The largest absolute Gasteiger partial charge is 0.392 e. The summed E-state index contributed by atoms with van der Waals surface area (Å²) in [5.41, 5.74) is 0.871. The zero-order valence-corrected chi connectivity index (χ0v) is 9.22. The molecule has 0 spiro atoms. The van der Waals surface area contributed by atoms with Gasteiger partial charge in [0.15, 0.2) is 0 Å². The topological polar surface area (TPSA) is 20.2 Å². The first-order chi connectivity index (χ1) is 6.68. The number of halogens is 2.